The number of amides is 1. The van der Waals surface area contributed by atoms with Crippen LogP contribution in [0, 0.1) is 0 Å². The van der Waals surface area contributed by atoms with Crippen molar-refractivity contribution in [2.75, 3.05) is 6.26 Å². The Labute approximate surface area is 166 Å². The summed E-state index contributed by atoms with van der Waals surface area (Å²) in [6.07, 6.45) is 3.16. The van der Waals surface area contributed by atoms with Gasteiger partial charge in [0.2, 0.25) is 17.6 Å². The highest BCUT2D eigenvalue weighted by Crippen LogP contribution is 2.35. The third-order valence-electron chi connectivity index (χ3n) is 4.70. The van der Waals surface area contributed by atoms with Crippen LogP contribution in [0.15, 0.2) is 57.9 Å². The molecule has 4 rings (SSSR count). The topological polar surface area (TPSA) is 59.2 Å². The van der Waals surface area contributed by atoms with Crippen LogP contribution in [0.1, 0.15) is 30.3 Å². The van der Waals surface area contributed by atoms with Gasteiger partial charge in [-0.2, -0.15) is 4.98 Å². The maximum absolute atomic E-state index is 12.4. The normalized spacial score (nSPS) is 16.9. The zero-order chi connectivity index (χ0) is 18.8. The Morgan fingerprint density at radius 1 is 1.22 bits per heavy atom. The smallest absolute Gasteiger partial charge is 0.249 e. The van der Waals surface area contributed by atoms with E-state index in [9.17, 15) is 4.79 Å². The second kappa shape index (κ2) is 7.74. The van der Waals surface area contributed by atoms with E-state index in [2.05, 4.69) is 10.1 Å². The third-order valence-corrected chi connectivity index (χ3v) is 5.81. The highest BCUT2D eigenvalue weighted by atomic mass is 35.5. The second-order valence-corrected chi connectivity index (χ2v) is 7.64. The van der Waals surface area contributed by atoms with Crippen molar-refractivity contribution in [2.45, 2.75) is 30.3 Å². The molecule has 0 spiro atoms. The van der Waals surface area contributed by atoms with E-state index in [0.29, 0.717) is 36.1 Å². The molecule has 5 nitrogen and oxygen atoms in total. The first-order valence-electron chi connectivity index (χ1n) is 8.66. The van der Waals surface area contributed by atoms with Gasteiger partial charge in [0.25, 0.3) is 0 Å². The zero-order valence-corrected chi connectivity index (χ0v) is 16.3. The summed E-state index contributed by atoms with van der Waals surface area (Å²) >= 11 is 7.94. The summed E-state index contributed by atoms with van der Waals surface area (Å²) in [5.74, 6) is 1.08. The molecule has 0 saturated carbocycles. The molecule has 0 N–H and O–H groups in total. The lowest BCUT2D eigenvalue weighted by Crippen LogP contribution is -2.27. The number of hydrogen-bond donors (Lipinski definition) is 0. The Hall–Kier alpha value is -2.31. The number of aromatic nitrogens is 2. The molecule has 0 radical (unpaired) electrons. The molecule has 2 aromatic carbocycles. The Kier molecular flexibility index (Phi) is 5.18. The first-order chi connectivity index (χ1) is 13.2. The summed E-state index contributed by atoms with van der Waals surface area (Å²) in [6, 6.07) is 15.3. The number of likely N-dealkylation sites (tertiary alicyclic amines) is 1. The van der Waals surface area contributed by atoms with Gasteiger partial charge in [0.05, 0.1) is 0 Å². The van der Waals surface area contributed by atoms with Gasteiger partial charge in [-0.05, 0) is 48.6 Å². The molecule has 7 heteroatoms. The summed E-state index contributed by atoms with van der Waals surface area (Å²) < 4.78 is 5.51. The van der Waals surface area contributed by atoms with Gasteiger partial charge in [0.1, 0.15) is 6.04 Å². The van der Waals surface area contributed by atoms with Crippen molar-refractivity contribution in [1.82, 2.24) is 15.0 Å². The average molecular weight is 400 g/mol. The number of rotatable bonds is 5. The molecule has 2 heterocycles. The van der Waals surface area contributed by atoms with Gasteiger partial charge >= 0.3 is 0 Å². The number of halogens is 1. The lowest BCUT2D eigenvalue weighted by atomic mass is 10.1. The predicted octanol–water partition coefficient (Wildman–Crippen LogP) is 4.98. The van der Waals surface area contributed by atoms with Gasteiger partial charge in [-0.25, -0.2) is 0 Å². The highest BCUT2D eigenvalue weighted by molar-refractivity contribution is 7.98. The summed E-state index contributed by atoms with van der Waals surface area (Å²) in [5, 5.41) is 4.76. The number of carbonyl (C=O) groups excluding carboxylic acids is 1. The first kappa shape index (κ1) is 18.1. The number of hydrogen-bond acceptors (Lipinski definition) is 5. The van der Waals surface area contributed by atoms with Crippen molar-refractivity contribution < 1.29 is 9.32 Å². The van der Waals surface area contributed by atoms with E-state index in [1.807, 2.05) is 54.8 Å². The van der Waals surface area contributed by atoms with E-state index in [1.54, 1.807) is 16.7 Å². The minimum atomic E-state index is -0.222. The quantitative estimate of drug-likeness (QED) is 0.566. The average Bonchev–Trinajstić information content (AvgIpc) is 3.31. The molecule has 1 unspecified atom stereocenters. The van der Waals surface area contributed by atoms with Gasteiger partial charge in [-0.3, -0.25) is 4.79 Å². The lowest BCUT2D eigenvalue weighted by molar-refractivity contribution is -0.129. The van der Waals surface area contributed by atoms with Crippen molar-refractivity contribution >= 4 is 29.3 Å². The van der Waals surface area contributed by atoms with Crippen LogP contribution in [0.3, 0.4) is 0 Å². The molecular formula is C20H18ClN3O2S. The number of nitrogens with zero attached hydrogens (tertiary/aromatic N) is 3. The molecule has 1 amide bonds. The number of benzene rings is 2. The molecule has 0 aliphatic carbocycles. The molecule has 1 aliphatic rings. The minimum absolute atomic E-state index is 0.0731. The summed E-state index contributed by atoms with van der Waals surface area (Å²) in [6.45, 7) is 0.434. The molecule has 27 heavy (non-hydrogen) atoms. The second-order valence-electron chi connectivity index (χ2n) is 6.35. The fourth-order valence-corrected chi connectivity index (χ4v) is 3.83. The Morgan fingerprint density at radius 2 is 2.00 bits per heavy atom. The fourth-order valence-electron chi connectivity index (χ4n) is 3.23. The number of thioether (sulfide) groups is 1. The minimum Gasteiger partial charge on any atom is -0.337 e. The van der Waals surface area contributed by atoms with Crippen LogP contribution in [-0.2, 0) is 11.3 Å². The standard InChI is InChI=1S/C20H18ClN3O2S/c1-27-15-8-6-13(7-9-15)19-22-20(26-23-19)17-10-11-18(25)24(17)12-14-4-2-3-5-16(14)21/h2-9,17H,10-12H2,1H3. The van der Waals surface area contributed by atoms with E-state index in [1.165, 1.54) is 4.90 Å². The van der Waals surface area contributed by atoms with Gasteiger partial charge in [-0.1, -0.05) is 35.0 Å². The molecule has 1 aromatic heterocycles. The van der Waals surface area contributed by atoms with Crippen molar-refractivity contribution in [3.8, 4) is 11.4 Å². The lowest BCUT2D eigenvalue weighted by Gasteiger charge is -2.22. The Morgan fingerprint density at radius 3 is 2.74 bits per heavy atom. The monoisotopic (exact) mass is 399 g/mol. The van der Waals surface area contributed by atoms with Crippen molar-refractivity contribution in [3.63, 3.8) is 0 Å². The van der Waals surface area contributed by atoms with E-state index in [4.69, 9.17) is 16.1 Å². The maximum Gasteiger partial charge on any atom is 0.249 e. The van der Waals surface area contributed by atoms with Crippen molar-refractivity contribution in [2.24, 2.45) is 0 Å². The van der Waals surface area contributed by atoms with Crippen LogP contribution < -0.4 is 0 Å². The molecule has 3 aromatic rings. The Bertz CT molecular complexity index is 958. The number of carbonyl (C=O) groups is 1. The van der Waals surface area contributed by atoms with Gasteiger partial charge < -0.3 is 9.42 Å². The fraction of sp³-hybridized carbons (Fsp3) is 0.250. The SMILES string of the molecule is CSc1ccc(-c2noc(C3CCC(=O)N3Cc3ccccc3Cl)n2)cc1. The van der Waals surface area contributed by atoms with Gasteiger partial charge in [0.15, 0.2) is 0 Å². The molecule has 138 valence electrons. The van der Waals surface area contributed by atoms with Crippen LogP contribution in [0.5, 0.6) is 0 Å². The molecule has 1 saturated heterocycles. The predicted molar refractivity (Wildman–Crippen MR) is 105 cm³/mol. The molecular weight excluding hydrogens is 382 g/mol. The summed E-state index contributed by atoms with van der Waals surface area (Å²) in [5.41, 5.74) is 1.80. The van der Waals surface area contributed by atoms with Gasteiger partial charge in [0, 0.05) is 28.4 Å². The first-order valence-corrected chi connectivity index (χ1v) is 10.3. The van der Waals surface area contributed by atoms with Crippen LogP contribution in [0.25, 0.3) is 11.4 Å². The van der Waals surface area contributed by atoms with Crippen LogP contribution in [-0.4, -0.2) is 27.2 Å². The highest BCUT2D eigenvalue weighted by Gasteiger charge is 2.36. The zero-order valence-electron chi connectivity index (χ0n) is 14.8. The largest absolute Gasteiger partial charge is 0.337 e. The Balaban J connectivity index is 1.57. The molecule has 0 bridgehead atoms. The van der Waals surface area contributed by atoms with E-state index in [-0.39, 0.29) is 11.9 Å². The summed E-state index contributed by atoms with van der Waals surface area (Å²) in [4.78, 5) is 19.9. The van der Waals surface area contributed by atoms with E-state index in [0.717, 1.165) is 11.1 Å². The van der Waals surface area contributed by atoms with Crippen molar-refractivity contribution in [1.29, 1.82) is 0 Å². The van der Waals surface area contributed by atoms with Crippen LogP contribution >= 0.6 is 23.4 Å². The molecule has 1 atom stereocenters. The molecule has 1 fully saturated rings. The maximum atomic E-state index is 12.4. The van der Waals surface area contributed by atoms with E-state index < -0.39 is 0 Å². The molecule has 1 aliphatic heterocycles. The van der Waals surface area contributed by atoms with Crippen LogP contribution in [0.4, 0.5) is 0 Å². The van der Waals surface area contributed by atoms with E-state index >= 15 is 0 Å². The van der Waals surface area contributed by atoms with Crippen molar-refractivity contribution in [3.05, 3.63) is 65.0 Å². The van der Waals surface area contributed by atoms with Gasteiger partial charge in [-0.15, -0.1) is 11.8 Å². The summed E-state index contributed by atoms with van der Waals surface area (Å²) in [7, 11) is 0. The third kappa shape index (κ3) is 3.73. The van der Waals surface area contributed by atoms with Crippen LogP contribution in [0.2, 0.25) is 5.02 Å².